The van der Waals surface area contributed by atoms with Crippen molar-refractivity contribution < 1.29 is 12.8 Å². The number of primary sulfonamides is 1. The van der Waals surface area contributed by atoms with Crippen LogP contribution in [-0.2, 0) is 16.6 Å². The first kappa shape index (κ1) is 15.3. The fraction of sp³-hybridized carbons (Fsp3) is 0.385. The Hall–Kier alpha value is -1.05. The molecule has 0 aliphatic heterocycles. The summed E-state index contributed by atoms with van der Waals surface area (Å²) in [6, 6.07) is 4.13. The monoisotopic (exact) mass is 316 g/mol. The lowest BCUT2D eigenvalue weighted by atomic mass is 10.2. The molecule has 0 aliphatic carbocycles. The van der Waals surface area contributed by atoms with Crippen LogP contribution < -0.4 is 5.14 Å². The van der Waals surface area contributed by atoms with Crippen LogP contribution in [-0.4, -0.2) is 24.5 Å². The van der Waals surface area contributed by atoms with E-state index in [1.165, 1.54) is 18.3 Å². The van der Waals surface area contributed by atoms with E-state index in [2.05, 4.69) is 6.92 Å². The third-order valence-electron chi connectivity index (χ3n) is 3.00. The Kier molecular flexibility index (Phi) is 4.72. The van der Waals surface area contributed by atoms with Crippen LogP contribution in [0.2, 0.25) is 0 Å². The maximum absolute atomic E-state index is 13.3. The van der Waals surface area contributed by atoms with Crippen LogP contribution in [0.4, 0.5) is 4.39 Å². The zero-order valence-electron chi connectivity index (χ0n) is 11.2. The lowest BCUT2D eigenvalue weighted by Gasteiger charge is -2.04. The van der Waals surface area contributed by atoms with Gasteiger partial charge in [0.15, 0.2) is 0 Å². The maximum Gasteiger partial charge on any atom is 0.240 e. The van der Waals surface area contributed by atoms with Crippen molar-refractivity contribution in [2.45, 2.75) is 24.8 Å². The second-order valence-electron chi connectivity index (χ2n) is 4.44. The molecule has 2 aromatic rings. The molecule has 0 spiro atoms. The average molecular weight is 316 g/mol. The molecule has 0 saturated heterocycles. The molecule has 4 nitrogen and oxygen atoms in total. The predicted octanol–water partition coefficient (Wildman–Crippen LogP) is 2.57. The van der Waals surface area contributed by atoms with Crippen LogP contribution in [0.3, 0.4) is 0 Å². The van der Waals surface area contributed by atoms with Gasteiger partial charge in [-0.1, -0.05) is 6.92 Å². The first-order valence-corrected chi connectivity index (χ1v) is 9.02. The summed E-state index contributed by atoms with van der Waals surface area (Å²) in [6.45, 7) is 2.78. The molecular weight excluding hydrogens is 299 g/mol. The van der Waals surface area contributed by atoms with E-state index in [1.807, 2.05) is 16.3 Å². The van der Waals surface area contributed by atoms with E-state index in [0.29, 0.717) is 17.4 Å². The molecule has 0 amide bonds. The van der Waals surface area contributed by atoms with Crippen molar-refractivity contribution in [2.75, 3.05) is 11.5 Å². The number of halogens is 1. The molecule has 7 heteroatoms. The summed E-state index contributed by atoms with van der Waals surface area (Å²) in [5.41, 5.74) is 0.692. The van der Waals surface area contributed by atoms with Crippen LogP contribution in [0.25, 0.3) is 10.9 Å². The average Bonchev–Trinajstić information content (AvgIpc) is 2.72. The molecule has 1 aromatic heterocycles. The third kappa shape index (κ3) is 3.34. The van der Waals surface area contributed by atoms with Gasteiger partial charge >= 0.3 is 0 Å². The maximum atomic E-state index is 13.3. The highest BCUT2D eigenvalue weighted by molar-refractivity contribution is 7.99. The summed E-state index contributed by atoms with van der Waals surface area (Å²) in [7, 11) is -3.85. The zero-order valence-corrected chi connectivity index (χ0v) is 12.8. The summed E-state index contributed by atoms with van der Waals surface area (Å²) < 4.78 is 38.3. The Labute approximate surface area is 122 Å². The SMILES string of the molecule is CCSCCCn1cc(S(N)(=O)=O)c2cc(F)ccc21. The van der Waals surface area contributed by atoms with Gasteiger partial charge < -0.3 is 4.57 Å². The second kappa shape index (κ2) is 6.15. The molecule has 2 N–H and O–H groups in total. The number of nitrogens with zero attached hydrogens (tertiary/aromatic N) is 1. The normalized spacial score (nSPS) is 12.2. The molecule has 2 rings (SSSR count). The van der Waals surface area contributed by atoms with Gasteiger partial charge in [0.2, 0.25) is 10.0 Å². The minimum atomic E-state index is -3.85. The number of sulfonamides is 1. The number of benzene rings is 1. The summed E-state index contributed by atoms with van der Waals surface area (Å²) in [6.07, 6.45) is 2.42. The molecule has 20 heavy (non-hydrogen) atoms. The molecule has 0 bridgehead atoms. The van der Waals surface area contributed by atoms with Gasteiger partial charge in [-0.3, -0.25) is 0 Å². The van der Waals surface area contributed by atoms with Gasteiger partial charge in [0.05, 0.1) is 0 Å². The number of hydrogen-bond donors (Lipinski definition) is 1. The highest BCUT2D eigenvalue weighted by atomic mass is 32.2. The number of aromatic nitrogens is 1. The van der Waals surface area contributed by atoms with Crippen LogP contribution in [0.1, 0.15) is 13.3 Å². The molecule has 1 aromatic carbocycles. The van der Waals surface area contributed by atoms with E-state index in [1.54, 1.807) is 6.07 Å². The van der Waals surface area contributed by atoms with Crippen LogP contribution in [0.5, 0.6) is 0 Å². The van der Waals surface area contributed by atoms with Crippen molar-refractivity contribution in [3.8, 4) is 0 Å². The number of rotatable bonds is 6. The topological polar surface area (TPSA) is 65.1 Å². The van der Waals surface area contributed by atoms with E-state index in [-0.39, 0.29) is 4.90 Å². The van der Waals surface area contributed by atoms with Gasteiger partial charge in [-0.15, -0.1) is 0 Å². The Morgan fingerprint density at radius 3 is 2.80 bits per heavy atom. The van der Waals surface area contributed by atoms with Crippen molar-refractivity contribution in [3.63, 3.8) is 0 Å². The summed E-state index contributed by atoms with van der Waals surface area (Å²) in [5.74, 6) is 1.59. The third-order valence-corrected chi connectivity index (χ3v) is 4.93. The van der Waals surface area contributed by atoms with Gasteiger partial charge in [0, 0.05) is 23.6 Å². The smallest absolute Gasteiger partial charge is 0.240 e. The Morgan fingerprint density at radius 1 is 1.40 bits per heavy atom. The molecule has 0 fully saturated rings. The largest absolute Gasteiger partial charge is 0.346 e. The lowest BCUT2D eigenvalue weighted by Crippen LogP contribution is -2.11. The van der Waals surface area contributed by atoms with Crippen molar-refractivity contribution in [1.29, 1.82) is 0 Å². The van der Waals surface area contributed by atoms with Gasteiger partial charge in [-0.2, -0.15) is 11.8 Å². The zero-order chi connectivity index (χ0) is 14.8. The van der Waals surface area contributed by atoms with Crippen molar-refractivity contribution in [3.05, 3.63) is 30.2 Å². The number of thioether (sulfide) groups is 1. The number of nitrogens with two attached hydrogens (primary N) is 1. The lowest BCUT2D eigenvalue weighted by molar-refractivity contribution is 0.597. The van der Waals surface area contributed by atoms with Crippen molar-refractivity contribution >= 4 is 32.7 Å². The van der Waals surface area contributed by atoms with Gasteiger partial charge in [-0.25, -0.2) is 17.9 Å². The number of aryl methyl sites for hydroxylation is 1. The van der Waals surface area contributed by atoms with Crippen LogP contribution in [0.15, 0.2) is 29.3 Å². The van der Waals surface area contributed by atoms with Crippen molar-refractivity contribution in [2.24, 2.45) is 5.14 Å². The van der Waals surface area contributed by atoms with Crippen LogP contribution in [0, 0.1) is 5.82 Å². The summed E-state index contributed by atoms with van der Waals surface area (Å²) >= 11 is 1.83. The Balaban J connectivity index is 2.40. The second-order valence-corrected chi connectivity index (χ2v) is 7.37. The van der Waals surface area contributed by atoms with E-state index in [9.17, 15) is 12.8 Å². The molecular formula is C13H17FN2O2S2. The molecule has 110 valence electrons. The predicted molar refractivity (Wildman–Crippen MR) is 80.9 cm³/mol. The van der Waals surface area contributed by atoms with E-state index in [4.69, 9.17) is 5.14 Å². The minimum Gasteiger partial charge on any atom is -0.346 e. The van der Waals surface area contributed by atoms with E-state index >= 15 is 0 Å². The molecule has 1 heterocycles. The standard InChI is InChI=1S/C13H17FN2O2S2/c1-2-19-7-3-6-16-9-13(20(15,17)18)11-8-10(14)4-5-12(11)16/h4-5,8-9H,2-3,6-7H2,1H3,(H2,15,17,18). The quantitative estimate of drug-likeness (QED) is 0.833. The Morgan fingerprint density at radius 2 is 2.15 bits per heavy atom. The molecule has 0 atom stereocenters. The molecule has 0 unspecified atom stereocenters. The molecule has 0 aliphatic rings. The molecule has 0 radical (unpaired) electrons. The van der Waals surface area contributed by atoms with E-state index < -0.39 is 15.8 Å². The highest BCUT2D eigenvalue weighted by Crippen LogP contribution is 2.26. The fourth-order valence-corrected chi connectivity index (χ4v) is 3.50. The Bertz CT molecular complexity index is 710. The first-order valence-electron chi connectivity index (χ1n) is 6.32. The van der Waals surface area contributed by atoms with Crippen molar-refractivity contribution in [1.82, 2.24) is 4.57 Å². The van der Waals surface area contributed by atoms with Gasteiger partial charge in [0.25, 0.3) is 0 Å². The van der Waals surface area contributed by atoms with E-state index in [0.717, 1.165) is 17.9 Å². The minimum absolute atomic E-state index is 0.0184. The number of hydrogen-bond acceptors (Lipinski definition) is 3. The number of fused-ring (bicyclic) bond motifs is 1. The van der Waals surface area contributed by atoms with Gasteiger partial charge in [0.1, 0.15) is 10.7 Å². The first-order chi connectivity index (χ1) is 9.43. The summed E-state index contributed by atoms with van der Waals surface area (Å²) in [4.78, 5) is -0.0184. The summed E-state index contributed by atoms with van der Waals surface area (Å²) in [5, 5.41) is 5.54. The van der Waals surface area contributed by atoms with Gasteiger partial charge in [-0.05, 0) is 36.1 Å². The van der Waals surface area contributed by atoms with Crippen LogP contribution >= 0.6 is 11.8 Å². The molecule has 0 saturated carbocycles. The fourth-order valence-electron chi connectivity index (χ4n) is 2.13. The highest BCUT2D eigenvalue weighted by Gasteiger charge is 2.17.